The molecule has 12 unspecified atom stereocenters. The van der Waals surface area contributed by atoms with Crippen molar-refractivity contribution < 1.29 is 33.3 Å². The molecule has 113 heavy (non-hydrogen) atoms. The molecule has 9 aromatic rings. The summed E-state index contributed by atoms with van der Waals surface area (Å²) in [5, 5.41) is 38.0. The number of benzene rings is 1. The van der Waals surface area contributed by atoms with E-state index < -0.39 is 27.3 Å². The molecular weight excluding hydrogens is 1510 g/mol. The van der Waals surface area contributed by atoms with Crippen LogP contribution in [0.2, 0.25) is 61.4 Å². The molecule has 3 amide bonds. The Morgan fingerprint density at radius 3 is 1.50 bits per heavy atom. The number of aromatic nitrogens is 16. The number of likely N-dealkylation sites (N-methyl/N-ethyl adjacent to an activating group) is 3. The highest BCUT2D eigenvalue weighted by Crippen LogP contribution is 2.45. The number of H-pyrrole nitrogens is 2. The van der Waals surface area contributed by atoms with Gasteiger partial charge in [-0.15, -0.1) is 0 Å². The molecule has 0 radical (unpaired) electrons. The summed E-state index contributed by atoms with van der Waals surface area (Å²) >= 11 is 12.1. The van der Waals surface area contributed by atoms with Crippen LogP contribution in [0.1, 0.15) is 92.9 Å². The van der Waals surface area contributed by atoms with Gasteiger partial charge in [-0.25, -0.2) is 58.8 Å². The van der Waals surface area contributed by atoms with Crippen molar-refractivity contribution in [1.29, 1.82) is 0 Å². The minimum absolute atomic E-state index is 0.0767. The molecule has 12 atom stereocenters. The lowest BCUT2D eigenvalue weighted by molar-refractivity contribution is -0.131. The molecule has 12 heterocycles. The number of halogens is 2. The van der Waals surface area contributed by atoms with Gasteiger partial charge in [0.05, 0.1) is 83.1 Å². The van der Waals surface area contributed by atoms with E-state index in [4.69, 9.17) is 42.1 Å². The summed E-state index contributed by atoms with van der Waals surface area (Å²) in [6.07, 6.45) is 21.7. The van der Waals surface area contributed by atoms with Crippen molar-refractivity contribution in [3.63, 3.8) is 0 Å². The third-order valence-electron chi connectivity index (χ3n) is 23.1. The van der Waals surface area contributed by atoms with Crippen LogP contribution in [0.3, 0.4) is 0 Å². The van der Waals surface area contributed by atoms with Crippen molar-refractivity contribution in [1.82, 2.24) is 99.8 Å². The van der Waals surface area contributed by atoms with E-state index in [9.17, 15) is 14.4 Å². The highest BCUT2D eigenvalue weighted by molar-refractivity contribution is 6.76. The SMILES string of the molecule is CC(C)(C)OC(=O)N1CC2CC(Nc3ncnc4c3cnn4COCC[Si](C)(C)C)C1C2.CN(c1ncnc2[nH]ncc12)C1CC2CC1N(C(=O)CNc1cc(Cl)cc(Cl)c1)C2.CN(c1ncnc2[nH]ncc12)C1CC2CNC1C2.CN(c1ncnc2c1cnn2COCC[Si](C)(C)C)C1CC2CC1N(C(=O)OC(C)(C)C)C2. The average Bonchev–Trinajstić information content (AvgIpc) is 1.63. The maximum atomic E-state index is 13.0. The van der Waals surface area contributed by atoms with Crippen molar-refractivity contribution in [3.8, 4) is 0 Å². The lowest BCUT2D eigenvalue weighted by Gasteiger charge is -2.39. The van der Waals surface area contributed by atoms with Crippen LogP contribution in [0.15, 0.2) is 68.3 Å². The number of anilines is 5. The molecule has 8 fully saturated rings. The zero-order valence-electron chi connectivity index (χ0n) is 67.8. The average molecular weight is 1630 g/mol. The molecule has 8 aromatic heterocycles. The fourth-order valence-electron chi connectivity index (χ4n) is 17.7. The zero-order chi connectivity index (χ0) is 80.0. The predicted molar refractivity (Wildman–Crippen MR) is 443 cm³/mol. The van der Waals surface area contributed by atoms with Gasteiger partial charge in [0.25, 0.3) is 0 Å². The molecule has 4 saturated heterocycles. The Balaban J connectivity index is 0.000000127. The molecule has 4 saturated carbocycles. The van der Waals surface area contributed by atoms with Crippen LogP contribution in [-0.4, -0.2) is 255 Å². The summed E-state index contributed by atoms with van der Waals surface area (Å²) in [7, 11) is 3.97. The fourth-order valence-corrected chi connectivity index (χ4v) is 19.7. The largest absolute Gasteiger partial charge is 0.444 e. The number of amides is 3. The van der Waals surface area contributed by atoms with Gasteiger partial charge in [0, 0.05) is 104 Å². The van der Waals surface area contributed by atoms with Gasteiger partial charge in [0.15, 0.2) is 22.6 Å². The Morgan fingerprint density at radius 2 is 0.991 bits per heavy atom. The van der Waals surface area contributed by atoms with Crippen molar-refractivity contribution in [3.05, 3.63) is 78.3 Å². The van der Waals surface area contributed by atoms with E-state index in [2.05, 4.69) is 154 Å². The monoisotopic (exact) mass is 1620 g/mol. The lowest BCUT2D eigenvalue weighted by Crippen LogP contribution is -2.52. The normalized spacial score (nSPS) is 24.1. The first kappa shape index (κ1) is 80.9. The number of hydrogen-bond acceptors (Lipinski definition) is 25. The second-order valence-electron chi connectivity index (χ2n) is 36.2. The van der Waals surface area contributed by atoms with E-state index in [1.165, 1.54) is 19.4 Å². The number of fused-ring (bicyclic) bond motifs is 12. The molecule has 8 aliphatic rings. The Labute approximate surface area is 671 Å². The van der Waals surface area contributed by atoms with Crippen LogP contribution in [0, 0.1) is 23.7 Å². The Kier molecular flexibility index (Phi) is 23.8. The number of aromatic amines is 2. The third-order valence-corrected chi connectivity index (χ3v) is 26.9. The molecule has 1 aromatic carbocycles. The number of carbonyl (C=O) groups excluding carboxylic acids is 3. The molecule has 36 heteroatoms. The van der Waals surface area contributed by atoms with Gasteiger partial charge in [-0.05, 0) is 153 Å². The number of carbonyl (C=O) groups is 3. The third kappa shape index (κ3) is 18.8. The topological polar surface area (TPSA) is 340 Å². The van der Waals surface area contributed by atoms with Crippen LogP contribution in [0.5, 0.6) is 0 Å². The lowest BCUT2D eigenvalue weighted by atomic mass is 10.0. The minimum Gasteiger partial charge on any atom is -0.444 e. The number of likely N-dealkylation sites (tertiary alicyclic amines) is 3. The Bertz CT molecular complexity index is 4810. The maximum Gasteiger partial charge on any atom is 0.410 e. The molecule has 0 spiro atoms. The summed E-state index contributed by atoms with van der Waals surface area (Å²) in [6, 6.07) is 9.50. The van der Waals surface area contributed by atoms with Gasteiger partial charge in [-0.2, -0.15) is 20.4 Å². The second-order valence-corrected chi connectivity index (χ2v) is 48.3. The van der Waals surface area contributed by atoms with Crippen molar-refractivity contribution in [2.45, 2.75) is 217 Å². The number of ether oxygens (including phenoxy) is 4. The van der Waals surface area contributed by atoms with Crippen LogP contribution < -0.4 is 30.7 Å². The molecule has 32 nitrogen and oxygen atoms in total. The number of rotatable bonds is 21. The van der Waals surface area contributed by atoms with Gasteiger partial charge < -0.3 is 64.3 Å². The smallest absolute Gasteiger partial charge is 0.410 e. The second kappa shape index (κ2) is 33.3. The summed E-state index contributed by atoms with van der Waals surface area (Å²) in [5.41, 5.74) is 2.80. The van der Waals surface area contributed by atoms with E-state index in [1.807, 2.05) is 75.7 Å². The van der Waals surface area contributed by atoms with Crippen molar-refractivity contribution >= 4 is 131 Å². The zero-order valence-corrected chi connectivity index (χ0v) is 71.3. The van der Waals surface area contributed by atoms with E-state index in [-0.39, 0.29) is 60.9 Å². The fraction of sp³-hybridized carbons (Fsp3) is 0.623. The Morgan fingerprint density at radius 1 is 0.531 bits per heavy atom. The summed E-state index contributed by atoms with van der Waals surface area (Å²) in [4.78, 5) is 86.2. The molecular formula is C77H111Cl2N25O7Si2. The van der Waals surface area contributed by atoms with Crippen molar-refractivity contribution in [2.24, 2.45) is 23.7 Å². The quantitative estimate of drug-likeness (QED) is 0.0329. The minimum atomic E-state index is -1.13. The van der Waals surface area contributed by atoms with Crippen molar-refractivity contribution in [2.75, 3.05) is 92.4 Å². The highest BCUT2D eigenvalue weighted by Gasteiger charge is 2.52. The van der Waals surface area contributed by atoms with Crippen LogP contribution >= 0.6 is 23.2 Å². The Hall–Kier alpha value is -8.68. The number of nitrogens with one attached hydrogen (secondary N) is 5. The number of nitrogens with zero attached hydrogens (tertiary/aromatic N) is 20. The van der Waals surface area contributed by atoms with Crippen LogP contribution in [0.4, 0.5) is 38.5 Å². The molecule has 608 valence electrons. The van der Waals surface area contributed by atoms with Gasteiger partial charge in [0.1, 0.15) is 73.2 Å². The highest BCUT2D eigenvalue weighted by atomic mass is 35.5. The molecule has 5 N–H and O–H groups in total. The van der Waals surface area contributed by atoms with Gasteiger partial charge >= 0.3 is 12.2 Å². The molecule has 17 rings (SSSR count). The molecule has 8 bridgehead atoms. The maximum absolute atomic E-state index is 13.0. The number of piperidine rings is 4. The number of hydrogen-bond donors (Lipinski definition) is 5. The summed E-state index contributed by atoms with van der Waals surface area (Å²) in [5.74, 6) is 5.82. The summed E-state index contributed by atoms with van der Waals surface area (Å²) in [6.45, 7) is 31.4. The first-order valence-corrected chi connectivity index (χ1v) is 47.9. The van der Waals surface area contributed by atoms with Crippen LogP contribution in [-0.2, 0) is 37.2 Å². The van der Waals surface area contributed by atoms with Gasteiger partial charge in [0.2, 0.25) is 5.91 Å². The van der Waals surface area contributed by atoms with E-state index in [1.54, 1.807) is 65.3 Å². The first-order valence-electron chi connectivity index (χ1n) is 39.7. The van der Waals surface area contributed by atoms with Gasteiger partial charge in [-0.3, -0.25) is 15.0 Å². The molecule has 4 aliphatic heterocycles. The first-order chi connectivity index (χ1) is 53.7. The van der Waals surface area contributed by atoms with Crippen LogP contribution in [0.25, 0.3) is 44.1 Å². The van der Waals surface area contributed by atoms with E-state index >= 15 is 0 Å². The standard InChI is InChI=1S/C23H38N6O3Si.C22H36N6O3Si.C20H21Cl2N7O.C12H16N6/c1-23(2,3)32-22(30)28-13-16-10-18(19(28)11-16)27(4)20-17-12-26-29(21(17)25-14-24-20)15-31-8-9-33(5,6)7;1-22(2,3)31-21(29)27-12-15-9-17(18(27)10-15)26-19-16-11-25-28(20(16)24-13-23-19)14-30-7-8-32(4,5)6;1-28(20-15-7-26-27-19(15)24-10-25-20)16-2-11-3-17(16)29(9-11)18(30)8-23-14-5-12(21)4-13(22)6-14;1-18(10-3-7-2-9(10)13-4-7)12-8-5-16-17-11(8)14-6-15-12/h12,14,16,18-19H,8-11,13,15H2,1-7H3;11,13,15,17-18H,7-10,12,14H2,1-6H3,(H,23,24,26);4-7,10-11,16-17,23H,2-3,8-9H2,1H3,(H,24,25,26,27);5-7,9-10,13H,2-4H2,1H3,(H,14,15,16,17). The van der Waals surface area contributed by atoms with Gasteiger partial charge in [-0.1, -0.05) is 62.5 Å². The predicted octanol–water partition coefficient (Wildman–Crippen LogP) is 11.7. The summed E-state index contributed by atoms with van der Waals surface area (Å²) < 4.78 is 26.6. The molecule has 4 aliphatic carbocycles. The van der Waals surface area contributed by atoms with E-state index in [0.29, 0.717) is 59.0 Å². The van der Waals surface area contributed by atoms with E-state index in [0.717, 1.165) is 157 Å².